The molecule has 0 aliphatic rings. The van der Waals surface area contributed by atoms with Crippen molar-refractivity contribution in [2.75, 3.05) is 20.8 Å². The Morgan fingerprint density at radius 1 is 1.03 bits per heavy atom. The summed E-state index contributed by atoms with van der Waals surface area (Å²) < 4.78 is 21.8. The summed E-state index contributed by atoms with van der Waals surface area (Å²) in [5.41, 5.74) is 2.78. The maximum atomic E-state index is 12.9. The highest BCUT2D eigenvalue weighted by atomic mass is 16.5. The number of carbonyl (C=O) groups excluding carboxylic acids is 1. The van der Waals surface area contributed by atoms with Crippen LogP contribution in [-0.2, 0) is 11.3 Å². The number of methoxy groups -OCH3 is 2. The monoisotopic (exact) mass is 439 g/mol. The van der Waals surface area contributed by atoms with Gasteiger partial charge in [0.1, 0.15) is 12.3 Å². The van der Waals surface area contributed by atoms with Gasteiger partial charge in [0.05, 0.1) is 14.2 Å². The van der Waals surface area contributed by atoms with Crippen LogP contribution in [0.15, 0.2) is 40.9 Å². The van der Waals surface area contributed by atoms with Crippen LogP contribution in [0, 0.1) is 13.8 Å². The number of hydrogen-bond acceptors (Lipinski definition) is 7. The van der Waals surface area contributed by atoms with Gasteiger partial charge in [0.2, 0.25) is 11.7 Å². The van der Waals surface area contributed by atoms with E-state index in [4.69, 9.17) is 18.7 Å². The number of nitrogens with zero attached hydrogens (tertiary/aromatic N) is 3. The largest absolute Gasteiger partial charge is 0.493 e. The lowest BCUT2D eigenvalue weighted by Crippen LogP contribution is -2.39. The van der Waals surface area contributed by atoms with Crippen LogP contribution in [0.4, 0.5) is 0 Å². The smallest absolute Gasteiger partial charge is 0.261 e. The topological polar surface area (TPSA) is 86.9 Å². The van der Waals surface area contributed by atoms with Crippen molar-refractivity contribution >= 4 is 5.91 Å². The second-order valence-electron chi connectivity index (χ2n) is 7.75. The zero-order chi connectivity index (χ0) is 23.3. The molecular formula is C24H29N3O5. The van der Waals surface area contributed by atoms with Gasteiger partial charge in [0.15, 0.2) is 18.1 Å². The number of amides is 1. The van der Waals surface area contributed by atoms with E-state index in [0.717, 1.165) is 16.7 Å². The summed E-state index contributed by atoms with van der Waals surface area (Å²) in [6, 6.07) is 11.2. The molecule has 0 radical (unpaired) electrons. The van der Waals surface area contributed by atoms with E-state index in [1.807, 2.05) is 52.0 Å². The van der Waals surface area contributed by atoms with Gasteiger partial charge in [-0.3, -0.25) is 4.79 Å². The molecule has 0 unspecified atom stereocenters. The first-order chi connectivity index (χ1) is 15.3. The summed E-state index contributed by atoms with van der Waals surface area (Å²) in [5.74, 6) is 2.47. The Morgan fingerprint density at radius 3 is 2.47 bits per heavy atom. The number of ether oxygens (including phenoxy) is 3. The average Bonchev–Trinajstić information content (AvgIpc) is 3.25. The molecule has 32 heavy (non-hydrogen) atoms. The van der Waals surface area contributed by atoms with Crippen molar-refractivity contribution in [3.63, 3.8) is 0 Å². The third-order valence-electron chi connectivity index (χ3n) is 5.05. The van der Waals surface area contributed by atoms with Crippen LogP contribution in [0.5, 0.6) is 17.2 Å². The lowest BCUT2D eigenvalue weighted by atomic mass is 10.1. The predicted molar refractivity (Wildman–Crippen MR) is 120 cm³/mol. The number of benzene rings is 2. The molecule has 3 aromatic rings. The summed E-state index contributed by atoms with van der Waals surface area (Å²) >= 11 is 0. The van der Waals surface area contributed by atoms with Crippen molar-refractivity contribution in [1.29, 1.82) is 0 Å². The van der Waals surface area contributed by atoms with Crippen molar-refractivity contribution in [2.45, 2.75) is 40.3 Å². The van der Waals surface area contributed by atoms with Crippen LogP contribution < -0.4 is 14.2 Å². The van der Waals surface area contributed by atoms with Crippen LogP contribution in [-0.4, -0.2) is 47.8 Å². The van der Waals surface area contributed by atoms with Gasteiger partial charge in [0.25, 0.3) is 5.91 Å². The Balaban J connectivity index is 1.71. The van der Waals surface area contributed by atoms with E-state index < -0.39 is 0 Å². The van der Waals surface area contributed by atoms with Crippen LogP contribution in [0.1, 0.15) is 30.9 Å². The lowest BCUT2D eigenvalue weighted by molar-refractivity contribution is -0.136. The highest BCUT2D eigenvalue weighted by Crippen LogP contribution is 2.31. The molecule has 1 aromatic heterocycles. The molecule has 8 heteroatoms. The molecule has 170 valence electrons. The van der Waals surface area contributed by atoms with Gasteiger partial charge < -0.3 is 23.6 Å². The van der Waals surface area contributed by atoms with Gasteiger partial charge in [-0.15, -0.1) is 0 Å². The molecule has 0 saturated heterocycles. The van der Waals surface area contributed by atoms with Crippen LogP contribution in [0.25, 0.3) is 11.4 Å². The van der Waals surface area contributed by atoms with E-state index in [-0.39, 0.29) is 25.1 Å². The van der Waals surface area contributed by atoms with Crippen molar-refractivity contribution < 1.29 is 23.5 Å². The number of rotatable bonds is 9. The minimum Gasteiger partial charge on any atom is -0.493 e. The first-order valence-corrected chi connectivity index (χ1v) is 10.4. The van der Waals surface area contributed by atoms with E-state index in [1.165, 1.54) is 0 Å². The van der Waals surface area contributed by atoms with E-state index in [9.17, 15) is 4.79 Å². The molecule has 0 fully saturated rings. The van der Waals surface area contributed by atoms with Crippen molar-refractivity contribution in [3.8, 4) is 28.6 Å². The minimum absolute atomic E-state index is 0.0684. The van der Waals surface area contributed by atoms with E-state index in [1.54, 1.807) is 31.3 Å². The van der Waals surface area contributed by atoms with Crippen LogP contribution in [0.3, 0.4) is 0 Å². The first-order valence-electron chi connectivity index (χ1n) is 10.4. The average molecular weight is 440 g/mol. The molecule has 8 nitrogen and oxygen atoms in total. The van der Waals surface area contributed by atoms with Gasteiger partial charge >= 0.3 is 0 Å². The van der Waals surface area contributed by atoms with E-state index in [0.29, 0.717) is 29.0 Å². The molecule has 1 amide bonds. The molecular weight excluding hydrogens is 410 g/mol. The molecule has 0 N–H and O–H groups in total. The highest BCUT2D eigenvalue weighted by molar-refractivity contribution is 5.78. The minimum atomic E-state index is -0.160. The Bertz CT molecular complexity index is 1080. The normalized spacial score (nSPS) is 10.8. The predicted octanol–water partition coefficient (Wildman–Crippen LogP) is 4.19. The Labute approximate surface area is 188 Å². The lowest BCUT2D eigenvalue weighted by Gasteiger charge is -2.25. The fourth-order valence-electron chi connectivity index (χ4n) is 3.20. The Hall–Kier alpha value is -3.55. The Morgan fingerprint density at radius 2 is 1.78 bits per heavy atom. The summed E-state index contributed by atoms with van der Waals surface area (Å²) in [6.45, 7) is 7.92. The van der Waals surface area contributed by atoms with Crippen molar-refractivity contribution in [1.82, 2.24) is 15.0 Å². The standard InChI is InChI=1S/C24H29N3O5/c1-15(2)27(23(28)14-31-20-11-16(3)7-8-17(20)4)13-22-25-24(26-32-22)18-9-10-19(29-5)21(12-18)30-6/h7-12,15H,13-14H2,1-6H3. The van der Waals surface area contributed by atoms with Gasteiger partial charge in [-0.05, 0) is 63.1 Å². The molecule has 2 aromatic carbocycles. The van der Waals surface area contributed by atoms with E-state index >= 15 is 0 Å². The molecule has 1 heterocycles. The molecule has 0 saturated carbocycles. The summed E-state index contributed by atoms with van der Waals surface area (Å²) in [5, 5.41) is 4.05. The van der Waals surface area contributed by atoms with Gasteiger partial charge in [-0.1, -0.05) is 17.3 Å². The fraction of sp³-hybridized carbons (Fsp3) is 0.375. The van der Waals surface area contributed by atoms with Gasteiger partial charge in [-0.25, -0.2) is 0 Å². The quantitative estimate of drug-likeness (QED) is 0.494. The second kappa shape index (κ2) is 10.2. The zero-order valence-corrected chi connectivity index (χ0v) is 19.3. The molecule has 0 aliphatic carbocycles. The van der Waals surface area contributed by atoms with Crippen LogP contribution in [0.2, 0.25) is 0 Å². The Kier molecular flexibility index (Phi) is 7.35. The summed E-state index contributed by atoms with van der Waals surface area (Å²) in [4.78, 5) is 19.0. The number of carbonyl (C=O) groups is 1. The molecule has 0 spiro atoms. The number of aromatic nitrogens is 2. The number of aryl methyl sites for hydroxylation is 2. The highest BCUT2D eigenvalue weighted by Gasteiger charge is 2.22. The van der Waals surface area contributed by atoms with E-state index in [2.05, 4.69) is 10.1 Å². The molecule has 0 atom stereocenters. The maximum absolute atomic E-state index is 12.9. The number of hydrogen-bond donors (Lipinski definition) is 0. The zero-order valence-electron chi connectivity index (χ0n) is 19.3. The summed E-state index contributed by atoms with van der Waals surface area (Å²) in [7, 11) is 3.14. The second-order valence-corrected chi connectivity index (χ2v) is 7.75. The first kappa shape index (κ1) is 23.1. The molecule has 0 bridgehead atoms. The van der Waals surface area contributed by atoms with Gasteiger partial charge in [-0.2, -0.15) is 4.98 Å². The third kappa shape index (κ3) is 5.38. The van der Waals surface area contributed by atoms with Crippen molar-refractivity contribution in [3.05, 3.63) is 53.4 Å². The summed E-state index contributed by atoms with van der Waals surface area (Å²) in [6.07, 6.45) is 0. The maximum Gasteiger partial charge on any atom is 0.261 e. The van der Waals surface area contributed by atoms with Gasteiger partial charge in [0, 0.05) is 11.6 Å². The molecule has 3 rings (SSSR count). The fourth-order valence-corrected chi connectivity index (χ4v) is 3.20. The molecule has 0 aliphatic heterocycles. The van der Waals surface area contributed by atoms with Crippen molar-refractivity contribution in [2.24, 2.45) is 0 Å². The third-order valence-corrected chi connectivity index (χ3v) is 5.05. The van der Waals surface area contributed by atoms with Crippen LogP contribution >= 0.6 is 0 Å². The SMILES string of the molecule is COc1ccc(-c2noc(CN(C(=O)COc3cc(C)ccc3C)C(C)C)n2)cc1OC.